The highest BCUT2D eigenvalue weighted by atomic mass is 16.5. The number of hydrogen-bond donors (Lipinski definition) is 1. The van der Waals surface area contributed by atoms with E-state index in [-0.39, 0.29) is 13.0 Å². The second-order valence-corrected chi connectivity index (χ2v) is 6.23. The van der Waals surface area contributed by atoms with Crippen LogP contribution in [0.25, 0.3) is 0 Å². The Kier molecular flexibility index (Phi) is 6.46. The Bertz CT molecular complexity index is 899. The standard InChI is InChI=1S/C22H21NO5/c1-16-4-8-19(9-5-16)28-20-10-6-17(7-11-20)23-21(24)15-27-22(25)13-12-18-3-2-14-26-18/h2-11,14H,12-13,15H2,1H3,(H,23,24). The van der Waals surface area contributed by atoms with Crippen molar-refractivity contribution < 1.29 is 23.5 Å². The van der Waals surface area contributed by atoms with E-state index < -0.39 is 11.9 Å². The first kappa shape index (κ1) is 19.2. The van der Waals surface area contributed by atoms with Gasteiger partial charge in [-0.3, -0.25) is 9.59 Å². The lowest BCUT2D eigenvalue weighted by atomic mass is 10.2. The number of amides is 1. The summed E-state index contributed by atoms with van der Waals surface area (Å²) >= 11 is 0. The van der Waals surface area contributed by atoms with Gasteiger partial charge in [0.15, 0.2) is 6.61 Å². The second kappa shape index (κ2) is 9.41. The molecule has 0 fully saturated rings. The molecule has 1 aromatic heterocycles. The van der Waals surface area contributed by atoms with Gasteiger partial charge >= 0.3 is 5.97 Å². The number of ether oxygens (including phenoxy) is 2. The lowest BCUT2D eigenvalue weighted by molar-refractivity contribution is -0.147. The average molecular weight is 379 g/mol. The first-order valence-electron chi connectivity index (χ1n) is 8.91. The molecule has 0 aliphatic rings. The van der Waals surface area contributed by atoms with Crippen molar-refractivity contribution in [2.75, 3.05) is 11.9 Å². The molecule has 0 aliphatic heterocycles. The predicted molar refractivity (Wildman–Crippen MR) is 104 cm³/mol. The Morgan fingerprint density at radius 1 is 0.964 bits per heavy atom. The van der Waals surface area contributed by atoms with Crippen LogP contribution in [0.15, 0.2) is 71.3 Å². The van der Waals surface area contributed by atoms with Gasteiger partial charge in [-0.05, 0) is 55.5 Å². The summed E-state index contributed by atoms with van der Waals surface area (Å²) in [4.78, 5) is 23.6. The fraction of sp³-hybridized carbons (Fsp3) is 0.182. The minimum atomic E-state index is -0.451. The van der Waals surface area contributed by atoms with E-state index in [1.807, 2.05) is 31.2 Å². The third-order valence-electron chi connectivity index (χ3n) is 3.91. The van der Waals surface area contributed by atoms with E-state index in [4.69, 9.17) is 13.9 Å². The molecule has 0 spiro atoms. The van der Waals surface area contributed by atoms with E-state index >= 15 is 0 Å². The van der Waals surface area contributed by atoms with Gasteiger partial charge in [0.1, 0.15) is 17.3 Å². The van der Waals surface area contributed by atoms with Crippen LogP contribution in [0.3, 0.4) is 0 Å². The number of nitrogens with one attached hydrogen (secondary N) is 1. The Balaban J connectivity index is 1.41. The molecule has 1 N–H and O–H groups in total. The SMILES string of the molecule is Cc1ccc(Oc2ccc(NC(=O)COC(=O)CCc3ccco3)cc2)cc1. The molecule has 144 valence electrons. The highest BCUT2D eigenvalue weighted by Gasteiger charge is 2.09. The molecule has 6 nitrogen and oxygen atoms in total. The number of carbonyl (C=O) groups is 2. The number of benzene rings is 2. The highest BCUT2D eigenvalue weighted by molar-refractivity contribution is 5.92. The van der Waals surface area contributed by atoms with Crippen LogP contribution >= 0.6 is 0 Å². The number of esters is 1. The predicted octanol–water partition coefficient (Wildman–Crippen LogP) is 4.49. The molecule has 0 bridgehead atoms. The number of carbonyl (C=O) groups excluding carboxylic acids is 2. The minimum Gasteiger partial charge on any atom is -0.469 e. The third kappa shape index (κ3) is 6.02. The largest absolute Gasteiger partial charge is 0.469 e. The first-order valence-corrected chi connectivity index (χ1v) is 8.91. The maximum Gasteiger partial charge on any atom is 0.306 e. The number of rotatable bonds is 8. The monoisotopic (exact) mass is 379 g/mol. The van der Waals surface area contributed by atoms with Crippen LogP contribution in [0, 0.1) is 6.92 Å². The molecule has 28 heavy (non-hydrogen) atoms. The Hall–Kier alpha value is -3.54. The van der Waals surface area contributed by atoms with Crippen molar-refractivity contribution in [2.45, 2.75) is 19.8 Å². The molecular weight excluding hydrogens is 358 g/mol. The molecular formula is C22H21NO5. The average Bonchev–Trinajstić information content (AvgIpc) is 3.22. The van der Waals surface area contributed by atoms with Crippen LogP contribution in [0.4, 0.5) is 5.69 Å². The van der Waals surface area contributed by atoms with Crippen molar-refractivity contribution in [1.82, 2.24) is 0 Å². The van der Waals surface area contributed by atoms with Gasteiger partial charge in [-0.2, -0.15) is 0 Å². The van der Waals surface area contributed by atoms with E-state index in [1.165, 1.54) is 0 Å². The van der Waals surface area contributed by atoms with Crippen molar-refractivity contribution in [2.24, 2.45) is 0 Å². The zero-order chi connectivity index (χ0) is 19.8. The minimum absolute atomic E-state index is 0.159. The van der Waals surface area contributed by atoms with Gasteiger partial charge in [0, 0.05) is 12.1 Å². The molecule has 2 aromatic carbocycles. The molecule has 0 atom stereocenters. The van der Waals surface area contributed by atoms with Crippen LogP contribution in [-0.2, 0) is 20.7 Å². The summed E-state index contributed by atoms with van der Waals surface area (Å²) in [6.07, 6.45) is 2.15. The maximum absolute atomic E-state index is 11.9. The van der Waals surface area contributed by atoms with Gasteiger partial charge in [0.25, 0.3) is 5.91 Å². The van der Waals surface area contributed by atoms with Gasteiger partial charge < -0.3 is 19.2 Å². The Morgan fingerprint density at radius 3 is 2.29 bits per heavy atom. The maximum atomic E-state index is 11.9. The molecule has 0 aliphatic carbocycles. The Labute approximate surface area is 163 Å². The number of anilines is 1. The van der Waals surface area contributed by atoms with Crippen LogP contribution in [0.1, 0.15) is 17.7 Å². The van der Waals surface area contributed by atoms with Gasteiger partial charge in [-0.15, -0.1) is 0 Å². The summed E-state index contributed by atoms with van der Waals surface area (Å²) in [6, 6.07) is 18.2. The molecule has 1 heterocycles. The van der Waals surface area contributed by atoms with Crippen LogP contribution in [-0.4, -0.2) is 18.5 Å². The van der Waals surface area contributed by atoms with E-state index in [9.17, 15) is 9.59 Å². The third-order valence-corrected chi connectivity index (χ3v) is 3.91. The second-order valence-electron chi connectivity index (χ2n) is 6.23. The van der Waals surface area contributed by atoms with Crippen molar-refractivity contribution in [3.63, 3.8) is 0 Å². The van der Waals surface area contributed by atoms with Crippen LogP contribution < -0.4 is 10.1 Å². The van der Waals surface area contributed by atoms with Crippen LogP contribution in [0.5, 0.6) is 11.5 Å². The fourth-order valence-corrected chi connectivity index (χ4v) is 2.44. The van der Waals surface area contributed by atoms with E-state index in [0.717, 1.165) is 11.3 Å². The summed E-state index contributed by atoms with van der Waals surface area (Å²) in [5.74, 6) is 1.25. The zero-order valence-electron chi connectivity index (χ0n) is 15.5. The molecule has 6 heteroatoms. The summed E-state index contributed by atoms with van der Waals surface area (Å²) < 4.78 is 15.9. The molecule has 0 saturated heterocycles. The fourth-order valence-electron chi connectivity index (χ4n) is 2.44. The first-order chi connectivity index (χ1) is 13.6. The molecule has 0 unspecified atom stereocenters. The molecule has 3 aromatic rings. The topological polar surface area (TPSA) is 77.8 Å². The van der Waals surface area contributed by atoms with Gasteiger partial charge in [-0.25, -0.2) is 0 Å². The smallest absolute Gasteiger partial charge is 0.306 e. The highest BCUT2D eigenvalue weighted by Crippen LogP contribution is 2.23. The van der Waals surface area contributed by atoms with Crippen molar-refractivity contribution in [3.8, 4) is 11.5 Å². The number of hydrogen-bond acceptors (Lipinski definition) is 5. The van der Waals surface area contributed by atoms with Gasteiger partial charge in [0.05, 0.1) is 12.7 Å². The van der Waals surface area contributed by atoms with Crippen molar-refractivity contribution in [1.29, 1.82) is 0 Å². The number of aryl methyl sites for hydroxylation is 2. The van der Waals surface area contributed by atoms with E-state index in [2.05, 4.69) is 5.32 Å². The van der Waals surface area contributed by atoms with E-state index in [1.54, 1.807) is 42.7 Å². The molecule has 1 amide bonds. The Morgan fingerprint density at radius 2 is 1.64 bits per heavy atom. The molecule has 0 radical (unpaired) electrons. The van der Waals surface area contributed by atoms with Crippen LogP contribution in [0.2, 0.25) is 0 Å². The van der Waals surface area contributed by atoms with Crippen molar-refractivity contribution in [3.05, 3.63) is 78.3 Å². The summed E-state index contributed by atoms with van der Waals surface area (Å²) in [6.45, 7) is 1.68. The summed E-state index contributed by atoms with van der Waals surface area (Å²) in [5.41, 5.74) is 1.75. The summed E-state index contributed by atoms with van der Waals surface area (Å²) in [5, 5.41) is 2.68. The lowest BCUT2D eigenvalue weighted by Crippen LogP contribution is -2.21. The summed E-state index contributed by atoms with van der Waals surface area (Å²) in [7, 11) is 0. The molecule has 3 rings (SSSR count). The van der Waals surface area contributed by atoms with Gasteiger partial charge in [0.2, 0.25) is 0 Å². The molecule has 0 saturated carbocycles. The van der Waals surface area contributed by atoms with Gasteiger partial charge in [-0.1, -0.05) is 17.7 Å². The lowest BCUT2D eigenvalue weighted by Gasteiger charge is -2.09. The number of furan rings is 1. The van der Waals surface area contributed by atoms with E-state index in [0.29, 0.717) is 23.6 Å². The quantitative estimate of drug-likeness (QED) is 0.583. The van der Waals surface area contributed by atoms with Crippen molar-refractivity contribution >= 4 is 17.6 Å². The zero-order valence-corrected chi connectivity index (χ0v) is 15.5. The normalized spacial score (nSPS) is 10.3.